The van der Waals surface area contributed by atoms with Crippen molar-refractivity contribution < 1.29 is 0 Å². The number of hydrogen-bond acceptors (Lipinski definition) is 3. The van der Waals surface area contributed by atoms with E-state index in [1.807, 2.05) is 12.1 Å². The van der Waals surface area contributed by atoms with Gasteiger partial charge in [-0.15, -0.1) is 0 Å². The second kappa shape index (κ2) is 6.26. The van der Waals surface area contributed by atoms with Crippen LogP contribution in [0.5, 0.6) is 0 Å². The van der Waals surface area contributed by atoms with E-state index in [9.17, 15) is 0 Å². The van der Waals surface area contributed by atoms with E-state index in [4.69, 9.17) is 5.73 Å². The van der Waals surface area contributed by atoms with Gasteiger partial charge >= 0.3 is 0 Å². The zero-order chi connectivity index (χ0) is 12.8. The Morgan fingerprint density at radius 2 is 1.78 bits per heavy atom. The van der Waals surface area contributed by atoms with Gasteiger partial charge in [-0.1, -0.05) is 37.6 Å². The maximum absolute atomic E-state index is 5.50. The number of unbranched alkanes of at least 4 members (excludes halogenated alkanes) is 1. The van der Waals surface area contributed by atoms with Gasteiger partial charge in [0.2, 0.25) is 0 Å². The lowest BCUT2D eigenvalue weighted by Crippen LogP contribution is -2.01. The smallest absolute Gasteiger partial charge is 0.0929 e. The number of hydrogen-bond donors (Lipinski definition) is 1. The van der Waals surface area contributed by atoms with E-state index in [0.29, 0.717) is 6.54 Å². The van der Waals surface area contributed by atoms with Crippen LogP contribution in [0.15, 0.2) is 36.4 Å². The average molecular weight is 241 g/mol. The highest BCUT2D eigenvalue weighted by Crippen LogP contribution is 2.17. The largest absolute Gasteiger partial charge is 0.325 e. The normalized spacial score (nSPS) is 10.6. The summed E-state index contributed by atoms with van der Waals surface area (Å²) in [4.78, 5) is 0. The van der Waals surface area contributed by atoms with Crippen molar-refractivity contribution in [1.29, 1.82) is 0 Å². The molecule has 1 aromatic heterocycles. The first-order chi connectivity index (χ1) is 8.83. The molecule has 3 heteroatoms. The fourth-order valence-corrected chi connectivity index (χ4v) is 1.85. The second-order valence-electron chi connectivity index (χ2n) is 4.41. The molecule has 2 rings (SSSR count). The Hall–Kier alpha value is -1.74. The summed E-state index contributed by atoms with van der Waals surface area (Å²) in [6.45, 7) is 2.65. The zero-order valence-electron chi connectivity index (χ0n) is 10.8. The van der Waals surface area contributed by atoms with Crippen LogP contribution in [-0.4, -0.2) is 10.2 Å². The Labute approximate surface area is 108 Å². The Bertz CT molecular complexity index is 474. The first kappa shape index (κ1) is 12.7. The number of nitrogens with two attached hydrogens (primary N) is 1. The predicted octanol–water partition coefficient (Wildman–Crippen LogP) is 2.94. The molecule has 0 aliphatic heterocycles. The summed E-state index contributed by atoms with van der Waals surface area (Å²) < 4.78 is 0. The summed E-state index contributed by atoms with van der Waals surface area (Å²) >= 11 is 0. The lowest BCUT2D eigenvalue weighted by Gasteiger charge is -2.03. The van der Waals surface area contributed by atoms with Gasteiger partial charge in [0.05, 0.1) is 11.4 Å². The molecule has 0 saturated carbocycles. The molecule has 0 aliphatic carbocycles. The molecule has 0 unspecified atom stereocenters. The minimum atomic E-state index is 0.434. The van der Waals surface area contributed by atoms with Gasteiger partial charge in [0.25, 0.3) is 0 Å². The van der Waals surface area contributed by atoms with E-state index in [1.54, 1.807) is 0 Å². The Morgan fingerprint density at radius 3 is 2.33 bits per heavy atom. The van der Waals surface area contributed by atoms with Crippen molar-refractivity contribution in [1.82, 2.24) is 10.2 Å². The van der Waals surface area contributed by atoms with E-state index < -0.39 is 0 Å². The Kier molecular flexibility index (Phi) is 4.42. The van der Waals surface area contributed by atoms with Crippen molar-refractivity contribution in [2.45, 2.75) is 32.7 Å². The third-order valence-electron chi connectivity index (χ3n) is 3.00. The predicted molar refractivity (Wildman–Crippen MR) is 74.0 cm³/mol. The molecule has 1 heterocycles. The molecular weight excluding hydrogens is 222 g/mol. The molecule has 0 bridgehead atoms. The molecule has 0 atom stereocenters. The van der Waals surface area contributed by atoms with Crippen LogP contribution < -0.4 is 5.73 Å². The minimum Gasteiger partial charge on any atom is -0.325 e. The van der Waals surface area contributed by atoms with Gasteiger partial charge in [-0.2, -0.15) is 10.2 Å². The first-order valence-electron chi connectivity index (χ1n) is 6.45. The van der Waals surface area contributed by atoms with Crippen molar-refractivity contribution in [3.63, 3.8) is 0 Å². The number of aromatic nitrogens is 2. The fraction of sp³-hybridized carbons (Fsp3) is 0.333. The van der Waals surface area contributed by atoms with E-state index >= 15 is 0 Å². The van der Waals surface area contributed by atoms with Crippen LogP contribution in [0.25, 0.3) is 11.3 Å². The molecule has 3 nitrogen and oxygen atoms in total. The average Bonchev–Trinajstić information content (AvgIpc) is 2.46. The van der Waals surface area contributed by atoms with Crippen LogP contribution >= 0.6 is 0 Å². The topological polar surface area (TPSA) is 51.8 Å². The molecule has 2 aromatic rings. The highest BCUT2D eigenvalue weighted by Gasteiger charge is 2.01. The van der Waals surface area contributed by atoms with Crippen molar-refractivity contribution in [2.75, 3.05) is 0 Å². The van der Waals surface area contributed by atoms with Crippen LogP contribution in [0.1, 0.15) is 31.0 Å². The highest BCUT2D eigenvalue weighted by atomic mass is 15.1. The van der Waals surface area contributed by atoms with E-state index in [1.165, 1.54) is 18.4 Å². The molecule has 2 N–H and O–H groups in total. The van der Waals surface area contributed by atoms with Crippen LogP contribution in [0.3, 0.4) is 0 Å². The summed E-state index contributed by atoms with van der Waals surface area (Å²) in [5.74, 6) is 0. The number of rotatable bonds is 5. The van der Waals surface area contributed by atoms with Gasteiger partial charge in [-0.05, 0) is 30.5 Å². The SMILES string of the molecule is CCCCc1ccc(-c2ccc(CN)nn2)cc1. The third kappa shape index (κ3) is 3.14. The summed E-state index contributed by atoms with van der Waals surface area (Å²) in [5.41, 5.74) is 9.70. The second-order valence-corrected chi connectivity index (χ2v) is 4.41. The maximum Gasteiger partial charge on any atom is 0.0929 e. The molecule has 0 aliphatic rings. The number of aryl methyl sites for hydroxylation is 1. The first-order valence-corrected chi connectivity index (χ1v) is 6.45. The van der Waals surface area contributed by atoms with Crippen LogP contribution in [0.4, 0.5) is 0 Å². The number of benzene rings is 1. The van der Waals surface area contributed by atoms with Crippen LogP contribution in [-0.2, 0) is 13.0 Å². The standard InChI is InChI=1S/C15H19N3/c1-2-3-4-12-5-7-13(8-6-12)15-10-9-14(11-16)17-18-15/h5-10H,2-4,11,16H2,1H3. The minimum absolute atomic E-state index is 0.434. The quantitative estimate of drug-likeness (QED) is 0.875. The molecule has 0 saturated heterocycles. The highest BCUT2D eigenvalue weighted by molar-refractivity contribution is 5.58. The van der Waals surface area contributed by atoms with Gasteiger partial charge in [-0.3, -0.25) is 0 Å². The van der Waals surface area contributed by atoms with Gasteiger partial charge < -0.3 is 5.73 Å². The molecule has 0 fully saturated rings. The van der Waals surface area contributed by atoms with Gasteiger partial charge in [-0.25, -0.2) is 0 Å². The van der Waals surface area contributed by atoms with Gasteiger partial charge in [0.1, 0.15) is 0 Å². The summed E-state index contributed by atoms with van der Waals surface area (Å²) in [6, 6.07) is 12.4. The zero-order valence-corrected chi connectivity index (χ0v) is 10.8. The molecule has 1 aromatic carbocycles. The van der Waals surface area contributed by atoms with E-state index in [2.05, 4.69) is 41.4 Å². The summed E-state index contributed by atoms with van der Waals surface area (Å²) in [5, 5.41) is 8.25. The maximum atomic E-state index is 5.50. The van der Waals surface area contributed by atoms with E-state index in [0.717, 1.165) is 23.4 Å². The van der Waals surface area contributed by atoms with Crippen molar-refractivity contribution in [2.24, 2.45) is 5.73 Å². The Balaban J connectivity index is 2.12. The fourth-order valence-electron chi connectivity index (χ4n) is 1.85. The van der Waals surface area contributed by atoms with E-state index in [-0.39, 0.29) is 0 Å². The van der Waals surface area contributed by atoms with Crippen LogP contribution in [0.2, 0.25) is 0 Å². The number of nitrogens with zero attached hydrogens (tertiary/aromatic N) is 2. The molecule has 0 radical (unpaired) electrons. The summed E-state index contributed by atoms with van der Waals surface area (Å²) in [6.07, 6.45) is 3.62. The van der Waals surface area contributed by atoms with Crippen LogP contribution in [0, 0.1) is 0 Å². The lowest BCUT2D eigenvalue weighted by molar-refractivity contribution is 0.795. The molecular formula is C15H19N3. The van der Waals surface area contributed by atoms with Crippen molar-refractivity contribution >= 4 is 0 Å². The molecule has 0 spiro atoms. The summed E-state index contributed by atoms with van der Waals surface area (Å²) in [7, 11) is 0. The van der Waals surface area contributed by atoms with Gasteiger partial charge in [0.15, 0.2) is 0 Å². The van der Waals surface area contributed by atoms with Gasteiger partial charge in [0, 0.05) is 12.1 Å². The molecule has 18 heavy (non-hydrogen) atoms. The third-order valence-corrected chi connectivity index (χ3v) is 3.00. The monoisotopic (exact) mass is 241 g/mol. The molecule has 94 valence electrons. The Morgan fingerprint density at radius 1 is 1.00 bits per heavy atom. The van der Waals surface area contributed by atoms with Crippen molar-refractivity contribution in [3.05, 3.63) is 47.7 Å². The lowest BCUT2D eigenvalue weighted by atomic mass is 10.0. The molecule has 0 amide bonds. The van der Waals surface area contributed by atoms with Crippen molar-refractivity contribution in [3.8, 4) is 11.3 Å².